The van der Waals surface area contributed by atoms with Gasteiger partial charge in [-0.25, -0.2) is 4.39 Å². The Bertz CT molecular complexity index is 644. The van der Waals surface area contributed by atoms with Gasteiger partial charge in [0.1, 0.15) is 5.82 Å². The molecule has 1 saturated heterocycles. The van der Waals surface area contributed by atoms with Crippen LogP contribution in [0.1, 0.15) is 19.0 Å². The van der Waals surface area contributed by atoms with Crippen molar-refractivity contribution in [3.05, 3.63) is 35.8 Å². The van der Waals surface area contributed by atoms with E-state index in [0.29, 0.717) is 5.92 Å². The van der Waals surface area contributed by atoms with E-state index in [-0.39, 0.29) is 5.82 Å². The van der Waals surface area contributed by atoms with E-state index >= 15 is 0 Å². The van der Waals surface area contributed by atoms with Gasteiger partial charge in [0.25, 0.3) is 0 Å². The average molecular weight is 288 g/mol. The number of aromatic nitrogens is 1. The molecule has 21 heavy (non-hydrogen) atoms. The summed E-state index contributed by atoms with van der Waals surface area (Å²) in [5, 5.41) is 0.901. The summed E-state index contributed by atoms with van der Waals surface area (Å²) in [7, 11) is 0. The Morgan fingerprint density at radius 2 is 2.24 bits per heavy atom. The number of nitrogens with zero attached hydrogens (tertiary/aromatic N) is 2. The van der Waals surface area contributed by atoms with Crippen LogP contribution in [0.2, 0.25) is 0 Å². The molecule has 1 aromatic heterocycles. The summed E-state index contributed by atoms with van der Waals surface area (Å²) in [6.45, 7) is 7.54. The van der Waals surface area contributed by atoms with Gasteiger partial charge in [0.15, 0.2) is 0 Å². The van der Waals surface area contributed by atoms with Crippen molar-refractivity contribution in [1.82, 2.24) is 4.98 Å². The fraction of sp³-hybridized carbons (Fsp3) is 0.471. The van der Waals surface area contributed by atoms with E-state index < -0.39 is 0 Å². The number of ether oxygens (including phenoxy) is 1. The number of pyridine rings is 1. The first-order valence-electron chi connectivity index (χ1n) is 7.57. The maximum atomic E-state index is 13.6. The van der Waals surface area contributed by atoms with Crippen LogP contribution in [0.4, 0.5) is 10.1 Å². The summed E-state index contributed by atoms with van der Waals surface area (Å²) in [5.74, 6) is 0.349. The van der Waals surface area contributed by atoms with Gasteiger partial charge in [0.2, 0.25) is 0 Å². The first kappa shape index (κ1) is 14.3. The zero-order valence-corrected chi connectivity index (χ0v) is 12.6. The molecule has 1 atom stereocenters. The molecule has 1 fully saturated rings. The number of hydrogen-bond donors (Lipinski definition) is 0. The number of halogens is 1. The van der Waals surface area contributed by atoms with Crippen LogP contribution >= 0.6 is 0 Å². The molecule has 2 aromatic rings. The molecule has 0 saturated carbocycles. The predicted molar refractivity (Wildman–Crippen MR) is 83.3 cm³/mol. The molecule has 0 aliphatic carbocycles. The van der Waals surface area contributed by atoms with Crippen molar-refractivity contribution < 1.29 is 9.13 Å². The molecular formula is C17H21FN2O. The molecule has 3 rings (SSSR count). The molecular weight excluding hydrogens is 267 g/mol. The highest BCUT2D eigenvalue weighted by Gasteiger charge is 2.24. The van der Waals surface area contributed by atoms with E-state index in [1.165, 1.54) is 6.07 Å². The predicted octanol–water partition coefficient (Wildman–Crippen LogP) is 3.55. The largest absolute Gasteiger partial charge is 0.381 e. The summed E-state index contributed by atoms with van der Waals surface area (Å²) < 4.78 is 19.1. The fourth-order valence-electron chi connectivity index (χ4n) is 3.04. The number of anilines is 1. The van der Waals surface area contributed by atoms with Gasteiger partial charge in [0.05, 0.1) is 12.1 Å². The van der Waals surface area contributed by atoms with Gasteiger partial charge >= 0.3 is 0 Å². The highest BCUT2D eigenvalue weighted by Crippen LogP contribution is 2.31. The molecule has 1 unspecified atom stereocenters. The lowest BCUT2D eigenvalue weighted by atomic mass is 10.1. The van der Waals surface area contributed by atoms with Crippen molar-refractivity contribution in [2.45, 2.75) is 20.3 Å². The first-order valence-corrected chi connectivity index (χ1v) is 7.57. The second-order valence-corrected chi connectivity index (χ2v) is 5.70. The van der Waals surface area contributed by atoms with Gasteiger partial charge in [-0.05, 0) is 44.5 Å². The van der Waals surface area contributed by atoms with Crippen molar-refractivity contribution >= 4 is 16.6 Å². The summed E-state index contributed by atoms with van der Waals surface area (Å²) in [4.78, 5) is 6.83. The molecule has 0 bridgehead atoms. The number of fused-ring (bicyclic) bond motifs is 1. The Labute approximate surface area is 124 Å². The molecule has 4 heteroatoms. The maximum Gasteiger partial charge on any atom is 0.124 e. The van der Waals surface area contributed by atoms with Gasteiger partial charge < -0.3 is 9.64 Å². The Hall–Kier alpha value is -1.68. The van der Waals surface area contributed by atoms with Gasteiger partial charge in [-0.3, -0.25) is 4.98 Å². The Kier molecular flexibility index (Phi) is 4.06. The summed E-state index contributed by atoms with van der Waals surface area (Å²) >= 11 is 0. The van der Waals surface area contributed by atoms with Crippen molar-refractivity contribution in [2.24, 2.45) is 5.92 Å². The summed E-state index contributed by atoms with van der Waals surface area (Å²) in [6, 6.07) is 6.88. The Morgan fingerprint density at radius 1 is 1.38 bits per heavy atom. The smallest absolute Gasteiger partial charge is 0.124 e. The van der Waals surface area contributed by atoms with Crippen molar-refractivity contribution in [2.75, 3.05) is 31.2 Å². The monoisotopic (exact) mass is 288 g/mol. The molecule has 1 aromatic carbocycles. The molecule has 0 N–H and O–H groups in total. The molecule has 1 aliphatic rings. The van der Waals surface area contributed by atoms with Crippen LogP contribution in [0.5, 0.6) is 0 Å². The minimum absolute atomic E-state index is 0.209. The standard InChI is InChI=1S/C17H21FN2O/c1-3-21-11-13-6-7-20(10-13)17-8-12(2)19-16-5-4-14(18)9-15(16)17/h4-5,8-9,13H,3,6-7,10-11H2,1-2H3. The van der Waals surface area contributed by atoms with Crippen molar-refractivity contribution in [3.8, 4) is 0 Å². The number of benzene rings is 1. The van der Waals surface area contributed by atoms with Crippen LogP contribution in [-0.2, 0) is 4.74 Å². The van der Waals surface area contributed by atoms with E-state index in [1.807, 2.05) is 13.8 Å². The molecule has 0 radical (unpaired) electrons. The molecule has 1 aliphatic heterocycles. The molecule has 2 heterocycles. The maximum absolute atomic E-state index is 13.6. The lowest BCUT2D eigenvalue weighted by Crippen LogP contribution is -2.21. The van der Waals surface area contributed by atoms with Gasteiger partial charge in [0, 0.05) is 42.4 Å². The zero-order chi connectivity index (χ0) is 14.8. The van der Waals surface area contributed by atoms with E-state index in [4.69, 9.17) is 4.74 Å². The SMILES string of the molecule is CCOCC1CCN(c2cc(C)nc3ccc(F)cc23)C1. The highest BCUT2D eigenvalue weighted by molar-refractivity contribution is 5.92. The van der Waals surface area contributed by atoms with E-state index in [9.17, 15) is 4.39 Å². The summed E-state index contributed by atoms with van der Waals surface area (Å²) in [5.41, 5.74) is 2.92. The number of rotatable bonds is 4. The molecule has 0 spiro atoms. The second-order valence-electron chi connectivity index (χ2n) is 5.70. The minimum atomic E-state index is -0.209. The average Bonchev–Trinajstić information content (AvgIpc) is 2.93. The topological polar surface area (TPSA) is 25.4 Å². The van der Waals surface area contributed by atoms with E-state index in [1.54, 1.807) is 12.1 Å². The Morgan fingerprint density at radius 3 is 3.05 bits per heavy atom. The van der Waals surface area contributed by atoms with Crippen LogP contribution in [0.3, 0.4) is 0 Å². The fourth-order valence-corrected chi connectivity index (χ4v) is 3.04. The van der Waals surface area contributed by atoms with E-state index in [0.717, 1.165) is 55.0 Å². The molecule has 3 nitrogen and oxygen atoms in total. The van der Waals surface area contributed by atoms with Crippen LogP contribution in [0.15, 0.2) is 24.3 Å². The second kappa shape index (κ2) is 5.98. The third kappa shape index (κ3) is 3.00. The molecule has 0 amide bonds. The van der Waals surface area contributed by atoms with Crippen LogP contribution < -0.4 is 4.90 Å². The zero-order valence-electron chi connectivity index (χ0n) is 12.6. The normalized spacial score (nSPS) is 18.6. The van der Waals surface area contributed by atoms with Gasteiger partial charge in [-0.2, -0.15) is 0 Å². The van der Waals surface area contributed by atoms with Crippen LogP contribution in [0, 0.1) is 18.7 Å². The molecule has 112 valence electrons. The third-order valence-electron chi connectivity index (χ3n) is 4.06. The number of hydrogen-bond acceptors (Lipinski definition) is 3. The first-order chi connectivity index (χ1) is 10.2. The van der Waals surface area contributed by atoms with Crippen molar-refractivity contribution in [1.29, 1.82) is 0 Å². The van der Waals surface area contributed by atoms with Crippen molar-refractivity contribution in [3.63, 3.8) is 0 Å². The van der Waals surface area contributed by atoms with Gasteiger partial charge in [-0.1, -0.05) is 0 Å². The minimum Gasteiger partial charge on any atom is -0.381 e. The quantitative estimate of drug-likeness (QED) is 0.860. The highest BCUT2D eigenvalue weighted by atomic mass is 19.1. The Balaban J connectivity index is 1.91. The lowest BCUT2D eigenvalue weighted by molar-refractivity contribution is 0.117. The van der Waals surface area contributed by atoms with Crippen LogP contribution in [-0.4, -0.2) is 31.3 Å². The number of aryl methyl sites for hydroxylation is 1. The lowest BCUT2D eigenvalue weighted by Gasteiger charge is -2.21. The van der Waals surface area contributed by atoms with Crippen LogP contribution in [0.25, 0.3) is 10.9 Å². The summed E-state index contributed by atoms with van der Waals surface area (Å²) in [6.07, 6.45) is 1.12. The van der Waals surface area contributed by atoms with Gasteiger partial charge in [-0.15, -0.1) is 0 Å². The van der Waals surface area contributed by atoms with E-state index in [2.05, 4.69) is 16.0 Å². The third-order valence-corrected chi connectivity index (χ3v) is 4.06.